The van der Waals surface area contributed by atoms with Crippen molar-refractivity contribution in [3.05, 3.63) is 93.7 Å². The van der Waals surface area contributed by atoms with Gasteiger partial charge < -0.3 is 31.5 Å². The molecule has 214 valence electrons. The van der Waals surface area contributed by atoms with Crippen molar-refractivity contribution in [3.8, 4) is 0 Å². The molecule has 0 amide bonds. The van der Waals surface area contributed by atoms with Crippen LogP contribution < -0.4 is 12.4 Å². The Bertz CT molecular complexity index is 1230. The Kier molecular flexibility index (Phi) is 9.72. The molecule has 2 aliphatic heterocycles. The maximum absolute atomic E-state index is 13.7. The third kappa shape index (κ3) is 6.13. The van der Waals surface area contributed by atoms with Crippen LogP contribution in [0.3, 0.4) is 0 Å². The second kappa shape index (κ2) is 12.9. The lowest BCUT2D eigenvalue weighted by atomic mass is 9.86. The van der Waals surface area contributed by atoms with Crippen molar-refractivity contribution in [1.82, 2.24) is 0 Å². The second-order valence-corrected chi connectivity index (χ2v) is 12.3. The zero-order valence-corrected chi connectivity index (χ0v) is 24.7. The standard InChI is InChI=1S/C32H38NO5S.ClH/c1-3-37-30(34)19-18-28-16-17-29(39-28)22-33(2)25-14-15-26(33)21-27(20-25)38-31(35)32(36,23-10-6-4-7-11-23)24-12-8-5-9-13-24;/h4-13,16-17,25-27,36H,3,14-15,18-22H2,1-2H3;1H/q+1;/p-1/t25-,26+,27+,33-;. The van der Waals surface area contributed by atoms with Crippen molar-refractivity contribution < 1.29 is 41.1 Å². The summed E-state index contributed by atoms with van der Waals surface area (Å²) >= 11 is 1.79. The van der Waals surface area contributed by atoms with Gasteiger partial charge in [0.2, 0.25) is 5.60 Å². The van der Waals surface area contributed by atoms with Crippen molar-refractivity contribution >= 4 is 23.3 Å². The van der Waals surface area contributed by atoms with E-state index in [0.29, 0.717) is 42.7 Å². The normalized spacial score (nSPS) is 23.7. The zero-order valence-electron chi connectivity index (χ0n) is 23.1. The first-order valence-corrected chi connectivity index (χ1v) is 14.8. The van der Waals surface area contributed by atoms with Crippen molar-refractivity contribution in [2.75, 3.05) is 13.7 Å². The minimum atomic E-state index is -1.85. The number of thiophene rings is 1. The molecule has 2 aromatic carbocycles. The van der Waals surface area contributed by atoms with Crippen LogP contribution in [0.4, 0.5) is 0 Å². The van der Waals surface area contributed by atoms with E-state index in [1.54, 1.807) is 35.6 Å². The second-order valence-electron chi connectivity index (χ2n) is 11.0. The SMILES string of the molecule is CCOC(=O)CCc1ccc(C[N@+]2(C)[C@@H]3CC[C@H]2C[C@@H](OC(=O)C(O)(c2ccccc2)c2ccccc2)C3)s1.[Cl-]. The number of hydrogen-bond acceptors (Lipinski definition) is 6. The number of ether oxygens (including phenoxy) is 2. The third-order valence-corrected chi connectivity index (χ3v) is 9.75. The summed E-state index contributed by atoms with van der Waals surface area (Å²) in [6.45, 7) is 3.19. The highest BCUT2D eigenvalue weighted by Crippen LogP contribution is 2.45. The first kappa shape index (κ1) is 30.3. The average Bonchev–Trinajstić information content (AvgIpc) is 3.43. The molecule has 4 atom stereocenters. The third-order valence-electron chi connectivity index (χ3n) is 8.62. The van der Waals surface area contributed by atoms with Gasteiger partial charge in [0.15, 0.2) is 0 Å². The quantitative estimate of drug-likeness (QED) is 0.293. The summed E-state index contributed by atoms with van der Waals surface area (Å²) in [5.74, 6) is -0.752. The van der Waals surface area contributed by atoms with Crippen LogP contribution in [-0.2, 0) is 37.6 Å². The molecule has 0 aliphatic carbocycles. The van der Waals surface area contributed by atoms with Crippen molar-refractivity contribution in [3.63, 3.8) is 0 Å². The van der Waals surface area contributed by atoms with E-state index in [9.17, 15) is 14.7 Å². The molecule has 1 aromatic heterocycles. The van der Waals surface area contributed by atoms with E-state index in [1.165, 1.54) is 9.75 Å². The molecule has 2 bridgehead atoms. The summed E-state index contributed by atoms with van der Waals surface area (Å²) in [5.41, 5.74) is -0.831. The molecule has 2 fully saturated rings. The Morgan fingerprint density at radius 3 is 2.02 bits per heavy atom. The number of rotatable bonds is 10. The molecular weight excluding hydrogens is 546 g/mol. The fourth-order valence-electron chi connectivity index (χ4n) is 6.48. The number of halogens is 1. The number of quaternary nitrogens is 1. The van der Waals surface area contributed by atoms with E-state index in [2.05, 4.69) is 19.2 Å². The summed E-state index contributed by atoms with van der Waals surface area (Å²) in [6, 6.07) is 23.3. The number of carbonyl (C=O) groups excluding carboxylic acids is 2. The molecular formula is C32H38ClNO5S. The molecule has 3 aromatic rings. The predicted octanol–water partition coefficient (Wildman–Crippen LogP) is 2.37. The average molecular weight is 584 g/mol. The Balaban J connectivity index is 0.00000370. The van der Waals surface area contributed by atoms with Crippen LogP contribution >= 0.6 is 11.3 Å². The van der Waals surface area contributed by atoms with Crippen LogP contribution in [-0.4, -0.2) is 53.4 Å². The van der Waals surface area contributed by atoms with Crippen LogP contribution in [0.15, 0.2) is 72.8 Å². The highest BCUT2D eigenvalue weighted by Gasteiger charge is 2.53. The maximum atomic E-state index is 13.7. The minimum Gasteiger partial charge on any atom is -1.00 e. The summed E-state index contributed by atoms with van der Waals surface area (Å²) in [4.78, 5) is 27.9. The molecule has 1 N–H and O–H groups in total. The number of fused-ring (bicyclic) bond motifs is 2. The monoisotopic (exact) mass is 583 g/mol. The first-order chi connectivity index (χ1) is 18.8. The van der Waals surface area contributed by atoms with Gasteiger partial charge in [-0.15, -0.1) is 11.3 Å². The topological polar surface area (TPSA) is 72.8 Å². The summed E-state index contributed by atoms with van der Waals surface area (Å²) in [7, 11) is 2.34. The van der Waals surface area contributed by atoms with Gasteiger partial charge in [0.05, 0.1) is 37.0 Å². The smallest absolute Gasteiger partial charge is 0.347 e. The van der Waals surface area contributed by atoms with Crippen LogP contribution in [0, 0.1) is 0 Å². The lowest BCUT2D eigenvalue weighted by Gasteiger charge is -2.47. The summed E-state index contributed by atoms with van der Waals surface area (Å²) in [5, 5.41) is 11.8. The Hall–Kier alpha value is -2.71. The number of aryl methyl sites for hydroxylation is 1. The van der Waals surface area contributed by atoms with Gasteiger partial charge in [-0.1, -0.05) is 60.7 Å². The fraction of sp³-hybridized carbons (Fsp3) is 0.438. The number of carbonyl (C=O) groups is 2. The number of piperidine rings is 1. The van der Waals surface area contributed by atoms with Crippen molar-refractivity contribution in [2.45, 2.75) is 75.8 Å². The van der Waals surface area contributed by atoms with Crippen molar-refractivity contribution in [1.29, 1.82) is 0 Å². The largest absolute Gasteiger partial charge is 1.00 e. The van der Waals surface area contributed by atoms with Gasteiger partial charge in [-0.3, -0.25) is 4.79 Å². The van der Waals surface area contributed by atoms with Crippen molar-refractivity contribution in [2.24, 2.45) is 0 Å². The first-order valence-electron chi connectivity index (χ1n) is 14.0. The van der Waals surface area contributed by atoms with E-state index < -0.39 is 11.6 Å². The van der Waals surface area contributed by atoms with Gasteiger partial charge in [-0.2, -0.15) is 0 Å². The van der Waals surface area contributed by atoms with E-state index in [4.69, 9.17) is 9.47 Å². The molecule has 6 nitrogen and oxygen atoms in total. The number of benzene rings is 2. The molecule has 2 aliphatic rings. The minimum absolute atomic E-state index is 0. The summed E-state index contributed by atoms with van der Waals surface area (Å²) < 4.78 is 12.1. The summed E-state index contributed by atoms with van der Waals surface area (Å²) in [6.07, 6.45) is 4.71. The predicted molar refractivity (Wildman–Crippen MR) is 151 cm³/mol. The Morgan fingerprint density at radius 2 is 1.48 bits per heavy atom. The van der Waals surface area contributed by atoms with Gasteiger partial charge in [-0.05, 0) is 36.6 Å². The number of esters is 2. The number of nitrogens with zero attached hydrogens (tertiary/aromatic N) is 1. The van der Waals surface area contributed by atoms with Gasteiger partial charge >= 0.3 is 11.9 Å². The van der Waals surface area contributed by atoms with Gasteiger partial charge in [-0.25, -0.2) is 4.79 Å². The highest BCUT2D eigenvalue weighted by molar-refractivity contribution is 7.11. The molecule has 8 heteroatoms. The molecule has 0 unspecified atom stereocenters. The highest BCUT2D eigenvalue weighted by atomic mass is 35.5. The lowest BCUT2D eigenvalue weighted by Crippen LogP contribution is -3.00. The van der Waals surface area contributed by atoms with E-state index in [-0.39, 0.29) is 24.5 Å². The molecule has 5 rings (SSSR count). The zero-order chi connectivity index (χ0) is 27.5. The van der Waals surface area contributed by atoms with Crippen LogP contribution in [0.5, 0.6) is 0 Å². The number of aliphatic hydroxyl groups is 1. The fourth-order valence-corrected chi connectivity index (χ4v) is 7.64. The Morgan fingerprint density at radius 1 is 0.925 bits per heavy atom. The molecule has 0 saturated carbocycles. The van der Waals surface area contributed by atoms with Crippen LogP contribution in [0.2, 0.25) is 0 Å². The van der Waals surface area contributed by atoms with Crippen LogP contribution in [0.25, 0.3) is 0 Å². The molecule has 0 radical (unpaired) electrons. The van der Waals surface area contributed by atoms with Crippen LogP contribution in [0.1, 0.15) is 59.9 Å². The van der Waals surface area contributed by atoms with E-state index in [0.717, 1.165) is 36.7 Å². The van der Waals surface area contributed by atoms with Gasteiger partial charge in [0.25, 0.3) is 0 Å². The molecule has 0 spiro atoms. The lowest BCUT2D eigenvalue weighted by molar-refractivity contribution is -0.961. The Labute approximate surface area is 246 Å². The van der Waals surface area contributed by atoms with Gasteiger partial charge in [0.1, 0.15) is 12.6 Å². The van der Waals surface area contributed by atoms with E-state index >= 15 is 0 Å². The number of hydrogen-bond donors (Lipinski definition) is 1. The van der Waals surface area contributed by atoms with E-state index in [1.807, 2.05) is 43.3 Å². The molecule has 2 saturated heterocycles. The maximum Gasteiger partial charge on any atom is 0.347 e. The molecule has 40 heavy (non-hydrogen) atoms. The molecule has 3 heterocycles. The van der Waals surface area contributed by atoms with Gasteiger partial charge in [0, 0.05) is 30.6 Å².